The Hall–Kier alpha value is -2.02. The molecule has 0 atom stereocenters. The van der Waals surface area contributed by atoms with Gasteiger partial charge in [-0.3, -0.25) is 4.72 Å². The van der Waals surface area contributed by atoms with E-state index in [0.717, 1.165) is 11.1 Å². The van der Waals surface area contributed by atoms with Crippen LogP contribution in [0.5, 0.6) is 0 Å². The molecule has 0 aliphatic carbocycles. The van der Waals surface area contributed by atoms with Crippen molar-refractivity contribution in [1.82, 2.24) is 0 Å². The van der Waals surface area contributed by atoms with Crippen LogP contribution in [-0.2, 0) is 10.0 Å². The maximum absolute atomic E-state index is 11.4. The number of aryl methyl sites for hydroxylation is 1. The number of sulfonamides is 1. The Morgan fingerprint density at radius 3 is 2.72 bits per heavy atom. The average molecular weight is 263 g/mol. The van der Waals surface area contributed by atoms with Crippen molar-refractivity contribution in [2.75, 3.05) is 17.0 Å². The van der Waals surface area contributed by atoms with Gasteiger partial charge in [-0.1, -0.05) is 11.8 Å². The number of nitrogens with one attached hydrogen (secondary N) is 1. The zero-order valence-electron chi connectivity index (χ0n) is 9.90. The van der Waals surface area contributed by atoms with E-state index >= 15 is 0 Å². The third-order valence-electron chi connectivity index (χ3n) is 2.08. The molecule has 0 amide bonds. The Kier molecular flexibility index (Phi) is 4.73. The van der Waals surface area contributed by atoms with E-state index in [9.17, 15) is 8.42 Å². The molecule has 0 aliphatic heterocycles. The molecule has 0 bridgehead atoms. The zero-order valence-corrected chi connectivity index (χ0v) is 10.7. The molecule has 0 heterocycles. The van der Waals surface area contributed by atoms with Gasteiger partial charge in [-0.05, 0) is 30.7 Å². The fourth-order valence-electron chi connectivity index (χ4n) is 1.30. The summed E-state index contributed by atoms with van der Waals surface area (Å²) in [6.45, 7) is 2.04. The summed E-state index contributed by atoms with van der Waals surface area (Å²) in [6.07, 6.45) is 0. The zero-order chi connectivity index (χ0) is 13.6. The van der Waals surface area contributed by atoms with Gasteiger partial charge in [0.05, 0.1) is 18.3 Å². The van der Waals surface area contributed by atoms with Crippen LogP contribution in [0.2, 0.25) is 0 Å². The second kappa shape index (κ2) is 6.06. The van der Waals surface area contributed by atoms with Crippen LogP contribution in [0, 0.1) is 30.1 Å². The maximum Gasteiger partial charge on any atom is 0.246 e. The molecule has 1 rings (SSSR count). The third kappa shape index (κ3) is 4.10. The molecule has 0 saturated heterocycles. The summed E-state index contributed by atoms with van der Waals surface area (Å²) in [5.74, 6) is 5.00. The largest absolute Gasteiger partial charge is 0.320 e. The highest BCUT2D eigenvalue weighted by Gasteiger charge is 2.10. The van der Waals surface area contributed by atoms with Gasteiger partial charge >= 0.3 is 0 Å². The molecule has 6 heteroatoms. The molecule has 1 aromatic rings. The number of nitrogens with zero attached hydrogens (tertiary/aromatic N) is 1. The molecule has 0 spiro atoms. The van der Waals surface area contributed by atoms with Crippen molar-refractivity contribution in [2.45, 2.75) is 6.92 Å². The average Bonchev–Trinajstić information content (AvgIpc) is 2.29. The van der Waals surface area contributed by atoms with E-state index in [1.165, 1.54) is 0 Å². The predicted octanol–water partition coefficient (Wildman–Crippen LogP) is 0.571. The van der Waals surface area contributed by atoms with Crippen molar-refractivity contribution >= 4 is 15.7 Å². The Morgan fingerprint density at radius 1 is 1.44 bits per heavy atom. The summed E-state index contributed by atoms with van der Waals surface area (Å²) in [6, 6.07) is 6.67. The number of benzene rings is 1. The van der Waals surface area contributed by atoms with Gasteiger partial charge in [0.1, 0.15) is 0 Å². The smallest absolute Gasteiger partial charge is 0.246 e. The molecule has 94 valence electrons. The van der Waals surface area contributed by atoms with Gasteiger partial charge < -0.3 is 5.73 Å². The van der Waals surface area contributed by atoms with Gasteiger partial charge in [0.2, 0.25) is 10.0 Å². The highest BCUT2D eigenvalue weighted by Crippen LogP contribution is 2.17. The first-order chi connectivity index (χ1) is 8.48. The molecule has 3 N–H and O–H groups in total. The van der Waals surface area contributed by atoms with Crippen LogP contribution in [-0.4, -0.2) is 20.7 Å². The number of nitriles is 1. The van der Waals surface area contributed by atoms with Gasteiger partial charge in [-0.15, -0.1) is 0 Å². The lowest BCUT2D eigenvalue weighted by Crippen LogP contribution is -2.16. The minimum Gasteiger partial charge on any atom is -0.320 e. The molecule has 0 saturated carbocycles. The van der Waals surface area contributed by atoms with Crippen LogP contribution >= 0.6 is 0 Å². The SMILES string of the molecule is Cc1cc(C#CCN)ccc1NS(=O)(=O)CC#N. The molecule has 18 heavy (non-hydrogen) atoms. The van der Waals surface area contributed by atoms with Crippen molar-refractivity contribution in [3.05, 3.63) is 29.3 Å². The molecule has 0 fully saturated rings. The highest BCUT2D eigenvalue weighted by molar-refractivity contribution is 7.92. The predicted molar refractivity (Wildman–Crippen MR) is 70.1 cm³/mol. The van der Waals surface area contributed by atoms with E-state index in [0.29, 0.717) is 5.69 Å². The molecule has 1 aromatic carbocycles. The Morgan fingerprint density at radius 2 is 2.17 bits per heavy atom. The number of nitrogens with two attached hydrogens (primary N) is 1. The third-order valence-corrected chi connectivity index (χ3v) is 3.12. The highest BCUT2D eigenvalue weighted by atomic mass is 32.2. The van der Waals surface area contributed by atoms with Crippen LogP contribution in [0.15, 0.2) is 18.2 Å². The van der Waals surface area contributed by atoms with E-state index in [2.05, 4.69) is 16.6 Å². The summed E-state index contributed by atoms with van der Waals surface area (Å²) in [5.41, 5.74) is 7.21. The van der Waals surface area contributed by atoms with Crippen molar-refractivity contribution < 1.29 is 8.42 Å². The van der Waals surface area contributed by atoms with E-state index in [4.69, 9.17) is 11.0 Å². The van der Waals surface area contributed by atoms with E-state index in [-0.39, 0.29) is 6.54 Å². The second-order valence-electron chi connectivity index (χ2n) is 3.55. The van der Waals surface area contributed by atoms with E-state index < -0.39 is 15.8 Å². The fraction of sp³-hybridized carbons (Fsp3) is 0.250. The van der Waals surface area contributed by atoms with Gasteiger partial charge in [-0.25, -0.2) is 8.42 Å². The number of hydrogen-bond acceptors (Lipinski definition) is 4. The fourth-order valence-corrected chi connectivity index (χ4v) is 2.10. The first-order valence-electron chi connectivity index (χ1n) is 5.15. The minimum atomic E-state index is -3.60. The molecule has 0 aliphatic rings. The molecule has 0 unspecified atom stereocenters. The molecule has 5 nitrogen and oxygen atoms in total. The van der Waals surface area contributed by atoms with Crippen molar-refractivity contribution in [1.29, 1.82) is 5.26 Å². The maximum atomic E-state index is 11.4. The van der Waals surface area contributed by atoms with Crippen LogP contribution < -0.4 is 10.5 Å². The quantitative estimate of drug-likeness (QED) is 0.779. The van der Waals surface area contributed by atoms with Crippen molar-refractivity contribution in [3.8, 4) is 17.9 Å². The summed E-state index contributed by atoms with van der Waals surface area (Å²) < 4.78 is 25.2. The van der Waals surface area contributed by atoms with Crippen LogP contribution in [0.3, 0.4) is 0 Å². The summed E-state index contributed by atoms with van der Waals surface area (Å²) in [4.78, 5) is 0. The van der Waals surface area contributed by atoms with Gasteiger partial charge in [-0.2, -0.15) is 5.26 Å². The summed E-state index contributed by atoms with van der Waals surface area (Å²) >= 11 is 0. The van der Waals surface area contributed by atoms with Crippen LogP contribution in [0.1, 0.15) is 11.1 Å². The lowest BCUT2D eigenvalue weighted by Gasteiger charge is -2.08. The normalized spacial score (nSPS) is 10.1. The van der Waals surface area contributed by atoms with E-state index in [1.54, 1.807) is 31.2 Å². The number of anilines is 1. The minimum absolute atomic E-state index is 0.273. The van der Waals surface area contributed by atoms with Crippen LogP contribution in [0.4, 0.5) is 5.69 Å². The first-order valence-corrected chi connectivity index (χ1v) is 6.81. The number of rotatable bonds is 3. The molecule has 0 aromatic heterocycles. The Labute approximate surface area is 107 Å². The monoisotopic (exact) mass is 263 g/mol. The first kappa shape index (κ1) is 14.0. The summed E-state index contributed by atoms with van der Waals surface area (Å²) in [7, 11) is -3.60. The second-order valence-corrected chi connectivity index (χ2v) is 5.28. The molecule has 0 radical (unpaired) electrons. The van der Waals surface area contributed by atoms with E-state index in [1.807, 2.05) is 0 Å². The molecular formula is C12H13N3O2S. The molecular weight excluding hydrogens is 250 g/mol. The van der Waals surface area contributed by atoms with Gasteiger partial charge in [0.25, 0.3) is 0 Å². The lowest BCUT2D eigenvalue weighted by atomic mass is 10.1. The van der Waals surface area contributed by atoms with Crippen LogP contribution in [0.25, 0.3) is 0 Å². The summed E-state index contributed by atoms with van der Waals surface area (Å²) in [5, 5.41) is 8.39. The Bertz CT molecular complexity index is 634. The van der Waals surface area contributed by atoms with Gasteiger partial charge in [0.15, 0.2) is 5.75 Å². The number of hydrogen-bond donors (Lipinski definition) is 2. The Balaban J connectivity index is 2.97. The van der Waals surface area contributed by atoms with Gasteiger partial charge in [0, 0.05) is 5.56 Å². The van der Waals surface area contributed by atoms with Crippen molar-refractivity contribution in [3.63, 3.8) is 0 Å². The topological polar surface area (TPSA) is 96.0 Å². The lowest BCUT2D eigenvalue weighted by molar-refractivity contribution is 0.604. The van der Waals surface area contributed by atoms with Crippen molar-refractivity contribution in [2.24, 2.45) is 5.73 Å². The standard InChI is InChI=1S/C12H13N3O2S/c1-10-9-11(3-2-6-13)4-5-12(10)15-18(16,17)8-7-14/h4-5,9,15H,6,8,13H2,1H3.